The molecule has 0 aliphatic carbocycles. The Morgan fingerprint density at radius 1 is 1.38 bits per heavy atom. The standard InChI is InChI=1S/C17H19F2N3O3S/c18-15(19)25-13-4-2-1-3-11(13)12-9-26-16(21-12)22-14(23)17(10-20)5-7-24-8-6-17/h1-4,9,15H,5-8,10,20H2,(H,21,22,23). The van der Waals surface area contributed by atoms with Gasteiger partial charge < -0.3 is 20.5 Å². The number of amides is 1. The summed E-state index contributed by atoms with van der Waals surface area (Å²) in [5, 5.41) is 4.87. The molecule has 0 spiro atoms. The molecule has 1 aromatic heterocycles. The Balaban J connectivity index is 1.77. The lowest BCUT2D eigenvalue weighted by atomic mass is 9.79. The van der Waals surface area contributed by atoms with Crippen molar-refractivity contribution in [1.82, 2.24) is 4.98 Å². The highest BCUT2D eigenvalue weighted by atomic mass is 32.1. The number of ether oxygens (including phenoxy) is 2. The second-order valence-corrected chi connectivity index (χ2v) is 6.82. The van der Waals surface area contributed by atoms with Gasteiger partial charge in [0.15, 0.2) is 5.13 Å². The summed E-state index contributed by atoms with van der Waals surface area (Å²) in [5.41, 5.74) is 6.06. The van der Waals surface area contributed by atoms with Crippen LogP contribution in [0.15, 0.2) is 29.6 Å². The molecule has 3 N–H and O–H groups in total. The first kappa shape index (κ1) is 18.7. The summed E-state index contributed by atoms with van der Waals surface area (Å²) in [4.78, 5) is 17.0. The molecule has 0 unspecified atom stereocenters. The van der Waals surface area contributed by atoms with Gasteiger partial charge in [-0.1, -0.05) is 12.1 Å². The van der Waals surface area contributed by atoms with Gasteiger partial charge in [0, 0.05) is 30.7 Å². The highest BCUT2D eigenvalue weighted by molar-refractivity contribution is 7.14. The van der Waals surface area contributed by atoms with Gasteiger partial charge in [-0.3, -0.25) is 4.79 Å². The first-order valence-electron chi connectivity index (χ1n) is 8.13. The molecule has 0 atom stereocenters. The number of anilines is 1. The van der Waals surface area contributed by atoms with Crippen molar-refractivity contribution in [2.24, 2.45) is 11.1 Å². The number of aromatic nitrogens is 1. The van der Waals surface area contributed by atoms with Crippen molar-refractivity contribution in [3.05, 3.63) is 29.6 Å². The molecule has 3 rings (SSSR count). The fraction of sp³-hybridized carbons (Fsp3) is 0.412. The number of carbonyl (C=O) groups excluding carboxylic acids is 1. The van der Waals surface area contributed by atoms with Gasteiger partial charge >= 0.3 is 6.61 Å². The number of hydrogen-bond acceptors (Lipinski definition) is 6. The van der Waals surface area contributed by atoms with Crippen molar-refractivity contribution >= 4 is 22.4 Å². The zero-order valence-electron chi connectivity index (χ0n) is 13.9. The number of rotatable bonds is 6. The lowest BCUT2D eigenvalue weighted by molar-refractivity contribution is -0.130. The second-order valence-electron chi connectivity index (χ2n) is 5.96. The molecule has 2 aromatic rings. The van der Waals surface area contributed by atoms with E-state index >= 15 is 0 Å². The van der Waals surface area contributed by atoms with E-state index in [0.717, 1.165) is 0 Å². The van der Waals surface area contributed by atoms with Crippen molar-refractivity contribution in [3.8, 4) is 17.0 Å². The van der Waals surface area contributed by atoms with E-state index in [-0.39, 0.29) is 18.2 Å². The summed E-state index contributed by atoms with van der Waals surface area (Å²) in [6.07, 6.45) is 1.11. The van der Waals surface area contributed by atoms with Crippen LogP contribution < -0.4 is 15.8 Å². The molecule has 26 heavy (non-hydrogen) atoms. The van der Waals surface area contributed by atoms with E-state index in [1.807, 2.05) is 0 Å². The molecule has 140 valence electrons. The Morgan fingerprint density at radius 3 is 2.81 bits per heavy atom. The van der Waals surface area contributed by atoms with E-state index in [4.69, 9.17) is 10.5 Å². The molecule has 1 amide bonds. The molecule has 0 saturated carbocycles. The van der Waals surface area contributed by atoms with Crippen LogP contribution >= 0.6 is 11.3 Å². The van der Waals surface area contributed by atoms with Gasteiger partial charge in [-0.2, -0.15) is 8.78 Å². The average Bonchev–Trinajstić information content (AvgIpc) is 3.10. The third-order valence-corrected chi connectivity index (χ3v) is 5.18. The largest absolute Gasteiger partial charge is 0.434 e. The van der Waals surface area contributed by atoms with Crippen LogP contribution in [-0.4, -0.2) is 37.3 Å². The van der Waals surface area contributed by atoms with Gasteiger partial charge in [-0.15, -0.1) is 11.3 Å². The third kappa shape index (κ3) is 4.00. The van der Waals surface area contributed by atoms with Crippen molar-refractivity contribution in [3.63, 3.8) is 0 Å². The zero-order chi connectivity index (χ0) is 18.6. The molecular formula is C17H19F2N3O3S. The number of halogens is 2. The molecule has 1 fully saturated rings. The van der Waals surface area contributed by atoms with Gasteiger partial charge in [0.05, 0.1) is 11.1 Å². The lowest BCUT2D eigenvalue weighted by Crippen LogP contribution is -2.46. The van der Waals surface area contributed by atoms with Crippen molar-refractivity contribution < 1.29 is 23.0 Å². The average molecular weight is 383 g/mol. The number of thiazole rings is 1. The maximum Gasteiger partial charge on any atom is 0.387 e. The number of para-hydroxylation sites is 1. The number of alkyl halides is 2. The highest BCUT2D eigenvalue weighted by Crippen LogP contribution is 2.35. The van der Waals surface area contributed by atoms with Crippen LogP contribution in [0.25, 0.3) is 11.3 Å². The summed E-state index contributed by atoms with van der Waals surface area (Å²) in [7, 11) is 0. The minimum Gasteiger partial charge on any atom is -0.434 e. The van der Waals surface area contributed by atoms with Crippen molar-refractivity contribution in [2.75, 3.05) is 25.1 Å². The van der Waals surface area contributed by atoms with Crippen LogP contribution in [0.3, 0.4) is 0 Å². The van der Waals surface area contributed by atoms with Crippen LogP contribution in [0.1, 0.15) is 12.8 Å². The SMILES string of the molecule is NCC1(C(=O)Nc2nc(-c3ccccc3OC(F)F)cs2)CCOCC1. The van der Waals surface area contributed by atoms with Gasteiger partial charge in [-0.05, 0) is 25.0 Å². The maximum absolute atomic E-state index is 12.7. The molecule has 1 aromatic carbocycles. The Morgan fingerprint density at radius 2 is 2.12 bits per heavy atom. The van der Waals surface area contributed by atoms with Crippen LogP contribution in [0.4, 0.5) is 13.9 Å². The molecule has 9 heteroatoms. The number of carbonyl (C=O) groups is 1. The maximum atomic E-state index is 12.7. The molecule has 0 radical (unpaired) electrons. The molecule has 0 bridgehead atoms. The summed E-state index contributed by atoms with van der Waals surface area (Å²) >= 11 is 1.22. The summed E-state index contributed by atoms with van der Waals surface area (Å²) in [6.45, 7) is -1.71. The van der Waals surface area contributed by atoms with Gasteiger partial charge in [0.25, 0.3) is 0 Å². The van der Waals surface area contributed by atoms with Gasteiger partial charge in [0.1, 0.15) is 5.75 Å². The first-order valence-corrected chi connectivity index (χ1v) is 9.01. The zero-order valence-corrected chi connectivity index (χ0v) is 14.7. The Labute approximate surface area is 153 Å². The van der Waals surface area contributed by atoms with Crippen molar-refractivity contribution in [2.45, 2.75) is 19.5 Å². The topological polar surface area (TPSA) is 86.5 Å². The number of benzene rings is 1. The number of nitrogens with two attached hydrogens (primary N) is 1. The van der Waals surface area contributed by atoms with Crippen LogP contribution in [0, 0.1) is 5.41 Å². The van der Waals surface area contributed by atoms with Crippen molar-refractivity contribution in [1.29, 1.82) is 0 Å². The van der Waals surface area contributed by atoms with E-state index in [1.165, 1.54) is 17.4 Å². The number of hydrogen-bond donors (Lipinski definition) is 2. The molecular weight excluding hydrogens is 364 g/mol. The molecule has 1 aliphatic heterocycles. The Bertz CT molecular complexity index is 763. The van der Waals surface area contributed by atoms with E-state index in [1.54, 1.807) is 23.6 Å². The molecule has 1 saturated heterocycles. The summed E-state index contributed by atoms with van der Waals surface area (Å²) in [5.74, 6) is -0.158. The Kier molecular flexibility index (Phi) is 5.80. The van der Waals surface area contributed by atoms with Gasteiger partial charge in [0.2, 0.25) is 5.91 Å². The van der Waals surface area contributed by atoms with E-state index < -0.39 is 12.0 Å². The van der Waals surface area contributed by atoms with Crippen LogP contribution in [0.2, 0.25) is 0 Å². The quantitative estimate of drug-likeness (QED) is 0.800. The predicted octanol–water partition coefficient (Wildman–Crippen LogP) is 3.11. The summed E-state index contributed by atoms with van der Waals surface area (Å²) in [6, 6.07) is 6.39. The molecule has 2 heterocycles. The number of nitrogens with zero attached hydrogens (tertiary/aromatic N) is 1. The van der Waals surface area contributed by atoms with Crippen LogP contribution in [0.5, 0.6) is 5.75 Å². The first-order chi connectivity index (χ1) is 12.5. The minimum absolute atomic E-state index is 0.0357. The Hall–Kier alpha value is -2.10. The molecule has 6 nitrogen and oxygen atoms in total. The lowest BCUT2D eigenvalue weighted by Gasteiger charge is -2.34. The van der Waals surface area contributed by atoms with E-state index in [0.29, 0.717) is 42.4 Å². The predicted molar refractivity (Wildman–Crippen MR) is 94.4 cm³/mol. The molecule has 1 aliphatic rings. The fourth-order valence-electron chi connectivity index (χ4n) is 2.85. The van der Waals surface area contributed by atoms with E-state index in [9.17, 15) is 13.6 Å². The smallest absolute Gasteiger partial charge is 0.387 e. The summed E-state index contributed by atoms with van der Waals surface area (Å²) < 4.78 is 35.0. The van der Waals surface area contributed by atoms with Crippen LogP contribution in [-0.2, 0) is 9.53 Å². The minimum atomic E-state index is -2.92. The van der Waals surface area contributed by atoms with Gasteiger partial charge in [-0.25, -0.2) is 4.98 Å². The highest BCUT2D eigenvalue weighted by Gasteiger charge is 2.39. The third-order valence-electron chi connectivity index (χ3n) is 4.43. The van der Waals surface area contributed by atoms with E-state index in [2.05, 4.69) is 15.0 Å². The second kappa shape index (κ2) is 8.07. The number of nitrogens with one attached hydrogen (secondary N) is 1. The fourth-order valence-corrected chi connectivity index (χ4v) is 3.55. The monoisotopic (exact) mass is 383 g/mol. The normalized spacial score (nSPS) is 16.5.